The molecular formula is C7H4F5N. The molecular weight excluding hydrogens is 193 g/mol. The first-order valence-corrected chi connectivity index (χ1v) is 3.24. The smallest absolute Gasteiger partial charge is 0.241 e. The van der Waals surface area contributed by atoms with Crippen molar-refractivity contribution in [3.8, 4) is 0 Å². The van der Waals surface area contributed by atoms with Crippen LogP contribution in [0.4, 0.5) is 22.0 Å². The number of hydrogen-bond acceptors (Lipinski definition) is 0. The maximum Gasteiger partial charge on any atom is 0.433 e. The number of rotatable bonds is 1. The van der Waals surface area contributed by atoms with Gasteiger partial charge in [0, 0.05) is 0 Å². The normalized spacial score (nSPS) is 17.9. The Morgan fingerprint density at radius 2 is 1.85 bits per heavy atom. The van der Waals surface area contributed by atoms with Crippen LogP contribution in [-0.4, -0.2) is 12.6 Å². The van der Waals surface area contributed by atoms with Crippen LogP contribution in [-0.2, 0) is 0 Å². The molecule has 0 spiro atoms. The molecule has 0 saturated carbocycles. The van der Waals surface area contributed by atoms with Crippen molar-refractivity contribution in [2.45, 2.75) is 19.5 Å². The monoisotopic (exact) mass is 197 g/mol. The third kappa shape index (κ3) is 1.81. The molecule has 1 nitrogen and oxygen atoms in total. The Hall–Kier alpha value is -1.07. The minimum atomic E-state index is -4.84. The molecule has 0 fully saturated rings. The summed E-state index contributed by atoms with van der Waals surface area (Å²) in [4.78, 5) is 0. The number of hydrogen-bond donors (Lipinski definition) is 0. The lowest BCUT2D eigenvalue weighted by atomic mass is 10.1. The molecule has 0 unspecified atom stereocenters. The van der Waals surface area contributed by atoms with Crippen molar-refractivity contribution >= 4 is 0 Å². The topological polar surface area (TPSA) is 14.1 Å². The Bertz CT molecular complexity index is 273. The average Bonchev–Trinajstić information content (AvgIpc) is 2.28. The predicted molar refractivity (Wildman–Crippen MR) is 33.6 cm³/mol. The van der Waals surface area contributed by atoms with Crippen LogP contribution >= 0.6 is 0 Å². The van der Waals surface area contributed by atoms with Crippen molar-refractivity contribution in [2.75, 3.05) is 0 Å². The van der Waals surface area contributed by atoms with E-state index in [9.17, 15) is 22.0 Å². The van der Waals surface area contributed by atoms with Crippen LogP contribution in [0.1, 0.15) is 6.92 Å². The summed E-state index contributed by atoms with van der Waals surface area (Å²) >= 11 is 0. The van der Waals surface area contributed by atoms with E-state index in [-0.39, 0.29) is 5.57 Å². The fourth-order valence-electron chi connectivity index (χ4n) is 0.921. The van der Waals surface area contributed by atoms with Gasteiger partial charge in [0.1, 0.15) is 0 Å². The minimum absolute atomic E-state index is 0.262. The first-order valence-electron chi connectivity index (χ1n) is 3.24. The zero-order valence-corrected chi connectivity index (χ0v) is 6.41. The van der Waals surface area contributed by atoms with Gasteiger partial charge in [-0.15, -0.1) is 0 Å². The summed E-state index contributed by atoms with van der Waals surface area (Å²) in [5.41, 5.74) is -2.88. The highest BCUT2D eigenvalue weighted by Gasteiger charge is 2.42. The molecule has 0 aromatic rings. The van der Waals surface area contributed by atoms with Gasteiger partial charge in [-0.2, -0.15) is 13.2 Å². The van der Waals surface area contributed by atoms with E-state index in [1.54, 1.807) is 0 Å². The van der Waals surface area contributed by atoms with Gasteiger partial charge in [0.25, 0.3) is 6.43 Å². The van der Waals surface area contributed by atoms with E-state index in [1.807, 2.05) is 6.20 Å². The van der Waals surface area contributed by atoms with Crippen molar-refractivity contribution in [1.82, 2.24) is 5.32 Å². The van der Waals surface area contributed by atoms with Gasteiger partial charge in [0.2, 0.25) is 0 Å². The lowest BCUT2D eigenvalue weighted by molar-refractivity contribution is -0.0973. The molecule has 6 heteroatoms. The molecule has 0 N–H and O–H groups in total. The summed E-state index contributed by atoms with van der Waals surface area (Å²) in [5.74, 6) is 0. The van der Waals surface area contributed by atoms with Gasteiger partial charge >= 0.3 is 6.18 Å². The molecule has 13 heavy (non-hydrogen) atoms. The largest absolute Gasteiger partial charge is 0.433 e. The fraction of sp³-hybridized carbons (Fsp3) is 0.429. The summed E-state index contributed by atoms with van der Waals surface area (Å²) in [6, 6.07) is 0. The maximum absolute atomic E-state index is 12.1. The molecule has 0 aliphatic carbocycles. The van der Waals surface area contributed by atoms with Crippen LogP contribution in [0, 0.1) is 6.20 Å². The number of alkyl halides is 5. The van der Waals surface area contributed by atoms with Gasteiger partial charge in [-0.1, -0.05) is 0 Å². The number of allylic oxidation sites excluding steroid dienone is 3. The molecule has 1 aliphatic heterocycles. The standard InChI is InChI=1S/C7H4F5N/c1-3-2-13-5(7(10,11)12)4(3)6(8)9/h6H,1H3. The van der Waals surface area contributed by atoms with E-state index in [0.29, 0.717) is 0 Å². The Morgan fingerprint density at radius 1 is 1.31 bits per heavy atom. The first kappa shape index (κ1) is 10.0. The average molecular weight is 197 g/mol. The highest BCUT2D eigenvalue weighted by atomic mass is 19.4. The highest BCUT2D eigenvalue weighted by Crippen LogP contribution is 2.35. The van der Waals surface area contributed by atoms with Crippen molar-refractivity contribution < 1.29 is 22.0 Å². The second-order valence-electron chi connectivity index (χ2n) is 2.41. The molecule has 72 valence electrons. The Morgan fingerprint density at radius 3 is 2.15 bits per heavy atom. The highest BCUT2D eigenvalue weighted by molar-refractivity contribution is 5.40. The number of halogens is 5. The van der Waals surface area contributed by atoms with Crippen LogP contribution in [0.2, 0.25) is 0 Å². The van der Waals surface area contributed by atoms with Crippen LogP contribution in [0.5, 0.6) is 0 Å². The molecule has 0 aromatic carbocycles. The summed E-state index contributed by atoms with van der Waals surface area (Å²) in [6.07, 6.45) is -6.13. The Balaban J connectivity index is 3.09. The van der Waals surface area contributed by atoms with Crippen LogP contribution < -0.4 is 5.32 Å². The van der Waals surface area contributed by atoms with Gasteiger partial charge in [0.15, 0.2) is 5.70 Å². The van der Waals surface area contributed by atoms with E-state index < -0.39 is 23.9 Å². The SMILES string of the molecule is CC1=[C][N]C(C(F)(F)F)=C1C(F)F. The van der Waals surface area contributed by atoms with E-state index in [0.717, 1.165) is 6.92 Å². The van der Waals surface area contributed by atoms with Gasteiger partial charge in [-0.05, 0) is 12.5 Å². The van der Waals surface area contributed by atoms with Crippen molar-refractivity contribution in [3.05, 3.63) is 23.0 Å². The van der Waals surface area contributed by atoms with E-state index in [2.05, 4.69) is 5.32 Å². The Labute approximate surface area is 70.9 Å². The minimum Gasteiger partial charge on any atom is -0.241 e. The molecule has 2 radical (unpaired) electrons. The summed E-state index contributed by atoms with van der Waals surface area (Å²) in [6.45, 7) is 1.11. The predicted octanol–water partition coefficient (Wildman–Crippen LogP) is 2.39. The van der Waals surface area contributed by atoms with Gasteiger partial charge in [-0.25, -0.2) is 14.1 Å². The molecule has 0 bridgehead atoms. The van der Waals surface area contributed by atoms with Gasteiger partial charge in [-0.3, -0.25) is 0 Å². The third-order valence-electron chi connectivity index (χ3n) is 1.48. The van der Waals surface area contributed by atoms with Crippen LogP contribution in [0.25, 0.3) is 0 Å². The zero-order valence-electron chi connectivity index (χ0n) is 6.41. The third-order valence-corrected chi connectivity index (χ3v) is 1.48. The van der Waals surface area contributed by atoms with Crippen LogP contribution in [0.15, 0.2) is 16.8 Å². The van der Waals surface area contributed by atoms with E-state index in [4.69, 9.17) is 0 Å². The van der Waals surface area contributed by atoms with E-state index >= 15 is 0 Å². The quantitative estimate of drug-likeness (QED) is 0.573. The lowest BCUT2D eigenvalue weighted by Crippen LogP contribution is -2.19. The zero-order chi connectivity index (χ0) is 10.2. The molecule has 1 heterocycles. The lowest BCUT2D eigenvalue weighted by Gasteiger charge is -2.09. The van der Waals surface area contributed by atoms with Crippen molar-refractivity contribution in [2.24, 2.45) is 0 Å². The van der Waals surface area contributed by atoms with Crippen molar-refractivity contribution in [3.63, 3.8) is 0 Å². The summed E-state index contributed by atoms with van der Waals surface area (Å²) in [7, 11) is 0. The Kier molecular flexibility index (Phi) is 2.32. The van der Waals surface area contributed by atoms with E-state index in [1.165, 1.54) is 0 Å². The fourth-order valence-corrected chi connectivity index (χ4v) is 0.921. The van der Waals surface area contributed by atoms with Gasteiger partial charge in [0.05, 0.1) is 11.8 Å². The molecule has 0 aromatic heterocycles. The number of nitrogens with zero attached hydrogens (tertiary/aromatic N) is 1. The second-order valence-corrected chi connectivity index (χ2v) is 2.41. The van der Waals surface area contributed by atoms with Crippen molar-refractivity contribution in [1.29, 1.82) is 0 Å². The second kappa shape index (κ2) is 3.01. The van der Waals surface area contributed by atoms with Crippen LogP contribution in [0.3, 0.4) is 0 Å². The molecule has 1 aliphatic rings. The maximum atomic E-state index is 12.1. The molecule has 0 amide bonds. The molecule has 0 saturated heterocycles. The molecule has 1 rings (SSSR count). The van der Waals surface area contributed by atoms with Gasteiger partial charge < -0.3 is 0 Å². The summed E-state index contributed by atoms with van der Waals surface area (Å²) < 4.78 is 60.2. The molecule has 0 atom stereocenters. The summed E-state index contributed by atoms with van der Waals surface area (Å²) in [5, 5.41) is 2.78. The first-order chi connectivity index (χ1) is 5.84.